The summed E-state index contributed by atoms with van der Waals surface area (Å²) in [5.41, 5.74) is 4.81. The van der Waals surface area contributed by atoms with Gasteiger partial charge in [-0.05, 0) is 43.5 Å². The Morgan fingerprint density at radius 1 is 1.00 bits per heavy atom. The van der Waals surface area contributed by atoms with E-state index in [-0.39, 0.29) is 0 Å². The van der Waals surface area contributed by atoms with Crippen molar-refractivity contribution in [1.82, 2.24) is 4.98 Å². The lowest BCUT2D eigenvalue weighted by Crippen LogP contribution is -2.48. The Kier molecular flexibility index (Phi) is 4.39. The molecule has 0 spiro atoms. The second kappa shape index (κ2) is 6.47. The average molecular weight is 306 g/mol. The molecule has 118 valence electrons. The lowest BCUT2D eigenvalue weighted by atomic mass is 10.1. The highest BCUT2D eigenvalue weighted by molar-refractivity contribution is 5.92. The van der Waals surface area contributed by atoms with E-state index in [0.717, 1.165) is 35.4 Å². The summed E-state index contributed by atoms with van der Waals surface area (Å²) >= 11 is 0. The molecule has 0 saturated carbocycles. The quantitative estimate of drug-likeness (QED) is 0.790. The summed E-state index contributed by atoms with van der Waals surface area (Å²) in [6, 6.07) is 14.8. The number of hydrogen-bond acceptors (Lipinski definition) is 2. The van der Waals surface area contributed by atoms with Crippen LogP contribution in [0.3, 0.4) is 0 Å². The van der Waals surface area contributed by atoms with Gasteiger partial charge in [0, 0.05) is 11.9 Å². The number of benzene rings is 1. The molecule has 0 atom stereocenters. The van der Waals surface area contributed by atoms with Gasteiger partial charge in [-0.3, -0.25) is 4.48 Å². The molecule has 0 bridgehead atoms. The van der Waals surface area contributed by atoms with Crippen LogP contribution in [0.5, 0.6) is 0 Å². The van der Waals surface area contributed by atoms with Gasteiger partial charge in [0.2, 0.25) is 0 Å². The normalized spacial score (nSPS) is 16.7. The third kappa shape index (κ3) is 3.74. The van der Waals surface area contributed by atoms with Crippen LogP contribution in [0.1, 0.15) is 23.2 Å². The highest BCUT2D eigenvalue weighted by Crippen LogP contribution is 2.20. The Labute approximate surface area is 138 Å². The summed E-state index contributed by atoms with van der Waals surface area (Å²) < 4.78 is 0.741. The summed E-state index contributed by atoms with van der Waals surface area (Å²) in [6.07, 6.45) is 6.10. The fraction of sp³-hybridized carbons (Fsp3) is 0.300. The van der Waals surface area contributed by atoms with Crippen LogP contribution in [0.4, 0.5) is 0 Å². The van der Waals surface area contributed by atoms with Crippen LogP contribution < -0.4 is 0 Å². The van der Waals surface area contributed by atoms with E-state index in [4.69, 9.17) is 4.99 Å². The van der Waals surface area contributed by atoms with Crippen molar-refractivity contribution in [2.45, 2.75) is 19.8 Å². The standard InChI is InChI=1S/C20H24N3/c1-16-7-9-17(10-8-16)11-12-18-13-15-23(2,3)20(22-18)19-6-4-5-14-21-19/h4-10,13-14H,11-12,15H2,1-3H3/q+1. The number of aromatic nitrogens is 1. The monoisotopic (exact) mass is 306 g/mol. The van der Waals surface area contributed by atoms with Crippen LogP contribution in [0.25, 0.3) is 0 Å². The fourth-order valence-corrected chi connectivity index (χ4v) is 2.78. The van der Waals surface area contributed by atoms with Crippen LogP contribution in [-0.2, 0) is 6.42 Å². The Hall–Kier alpha value is -2.26. The number of pyridine rings is 1. The van der Waals surface area contributed by atoms with E-state index in [1.165, 1.54) is 16.8 Å². The summed E-state index contributed by atoms with van der Waals surface area (Å²) in [7, 11) is 4.36. The summed E-state index contributed by atoms with van der Waals surface area (Å²) in [6.45, 7) is 3.08. The maximum atomic E-state index is 4.92. The van der Waals surface area contributed by atoms with Crippen molar-refractivity contribution in [2.75, 3.05) is 20.6 Å². The molecule has 0 unspecified atom stereocenters. The van der Waals surface area contributed by atoms with Crippen molar-refractivity contribution in [2.24, 2.45) is 4.99 Å². The number of rotatable bonds is 4. The molecule has 1 aromatic carbocycles. The van der Waals surface area contributed by atoms with Crippen LogP contribution in [0.15, 0.2) is 65.4 Å². The molecule has 23 heavy (non-hydrogen) atoms. The molecule has 1 aliphatic heterocycles. The molecule has 3 rings (SSSR count). The summed E-state index contributed by atoms with van der Waals surface area (Å²) in [5.74, 6) is 1.05. The van der Waals surface area contributed by atoms with Gasteiger partial charge in [-0.2, -0.15) is 4.99 Å². The first kappa shape index (κ1) is 15.6. The average Bonchev–Trinajstić information content (AvgIpc) is 2.56. The topological polar surface area (TPSA) is 25.2 Å². The molecular formula is C20H24N3+. The third-order valence-corrected chi connectivity index (χ3v) is 4.29. The molecule has 0 radical (unpaired) electrons. The Bertz CT molecular complexity index is 725. The molecule has 3 heteroatoms. The lowest BCUT2D eigenvalue weighted by molar-refractivity contribution is -0.793. The number of aliphatic imine (C=N–C) groups is 1. The van der Waals surface area contributed by atoms with Gasteiger partial charge in [0.1, 0.15) is 12.2 Å². The van der Waals surface area contributed by atoms with Gasteiger partial charge in [-0.15, -0.1) is 0 Å². The van der Waals surface area contributed by atoms with Gasteiger partial charge >= 0.3 is 0 Å². The van der Waals surface area contributed by atoms with Crippen LogP contribution in [0.2, 0.25) is 0 Å². The minimum atomic E-state index is 0.741. The zero-order valence-electron chi connectivity index (χ0n) is 14.2. The van der Waals surface area contributed by atoms with E-state index in [1.807, 2.05) is 24.4 Å². The maximum absolute atomic E-state index is 4.92. The molecule has 0 amide bonds. The van der Waals surface area contributed by atoms with E-state index in [0.29, 0.717) is 0 Å². The van der Waals surface area contributed by atoms with Crippen molar-refractivity contribution >= 4 is 5.84 Å². The second-order valence-electron chi connectivity index (χ2n) is 6.70. The number of allylic oxidation sites excluding steroid dienone is 1. The minimum Gasteiger partial charge on any atom is -0.274 e. The molecule has 3 nitrogen and oxygen atoms in total. The van der Waals surface area contributed by atoms with E-state index in [2.05, 4.69) is 56.3 Å². The van der Waals surface area contributed by atoms with E-state index in [1.54, 1.807) is 0 Å². The summed E-state index contributed by atoms with van der Waals surface area (Å²) in [5, 5.41) is 0. The highest BCUT2D eigenvalue weighted by Gasteiger charge is 2.29. The smallest absolute Gasteiger partial charge is 0.253 e. The van der Waals surface area contributed by atoms with Crippen molar-refractivity contribution < 1.29 is 4.48 Å². The number of aryl methyl sites for hydroxylation is 2. The van der Waals surface area contributed by atoms with Gasteiger partial charge in [0.15, 0.2) is 0 Å². The second-order valence-corrected chi connectivity index (χ2v) is 6.70. The zero-order valence-corrected chi connectivity index (χ0v) is 14.2. The van der Waals surface area contributed by atoms with Gasteiger partial charge in [-0.1, -0.05) is 35.9 Å². The molecule has 1 aromatic heterocycles. The van der Waals surface area contributed by atoms with Crippen LogP contribution >= 0.6 is 0 Å². The predicted molar refractivity (Wildman–Crippen MR) is 95.3 cm³/mol. The molecule has 0 N–H and O–H groups in total. The fourth-order valence-electron chi connectivity index (χ4n) is 2.78. The molecule has 1 aliphatic rings. The van der Waals surface area contributed by atoms with Gasteiger partial charge in [0.05, 0.1) is 14.1 Å². The van der Waals surface area contributed by atoms with Gasteiger partial charge in [0.25, 0.3) is 5.84 Å². The largest absolute Gasteiger partial charge is 0.274 e. The Balaban J connectivity index is 1.77. The van der Waals surface area contributed by atoms with E-state index in [9.17, 15) is 0 Å². The van der Waals surface area contributed by atoms with Gasteiger partial charge < -0.3 is 0 Å². The van der Waals surface area contributed by atoms with E-state index >= 15 is 0 Å². The number of hydrogen-bond donors (Lipinski definition) is 0. The lowest BCUT2D eigenvalue weighted by Gasteiger charge is -2.31. The molecule has 0 saturated heterocycles. The first-order valence-electron chi connectivity index (χ1n) is 8.13. The molecule has 0 aliphatic carbocycles. The molecule has 0 fully saturated rings. The third-order valence-electron chi connectivity index (χ3n) is 4.29. The molecule has 2 aromatic rings. The number of nitrogens with zero attached hydrogens (tertiary/aromatic N) is 3. The summed E-state index contributed by atoms with van der Waals surface area (Å²) in [4.78, 5) is 9.41. The zero-order chi connectivity index (χ0) is 16.3. The first-order valence-corrected chi connectivity index (χ1v) is 8.13. The predicted octanol–water partition coefficient (Wildman–Crippen LogP) is 3.74. The van der Waals surface area contributed by atoms with E-state index < -0.39 is 0 Å². The van der Waals surface area contributed by atoms with Crippen molar-refractivity contribution in [3.63, 3.8) is 0 Å². The first-order chi connectivity index (χ1) is 11.0. The number of likely N-dealkylation sites (N-methyl/N-ethyl adjacent to an activating group) is 1. The SMILES string of the molecule is Cc1ccc(CCC2=CC[N+](C)(C)C(c3ccccn3)=N2)cc1. The van der Waals surface area contributed by atoms with Crippen molar-refractivity contribution in [1.29, 1.82) is 0 Å². The number of amidine groups is 1. The Morgan fingerprint density at radius 3 is 2.48 bits per heavy atom. The minimum absolute atomic E-state index is 0.741. The molecule has 2 heterocycles. The van der Waals surface area contributed by atoms with Crippen molar-refractivity contribution in [3.05, 3.63) is 77.3 Å². The van der Waals surface area contributed by atoms with Crippen molar-refractivity contribution in [3.8, 4) is 0 Å². The number of quaternary nitrogens is 1. The van der Waals surface area contributed by atoms with Crippen LogP contribution in [-0.4, -0.2) is 35.9 Å². The Morgan fingerprint density at radius 2 is 1.78 bits per heavy atom. The van der Waals surface area contributed by atoms with Crippen LogP contribution in [0, 0.1) is 6.92 Å². The highest BCUT2D eigenvalue weighted by atomic mass is 15.4. The molecular weight excluding hydrogens is 282 g/mol. The maximum Gasteiger partial charge on any atom is 0.253 e. The van der Waals surface area contributed by atoms with Gasteiger partial charge in [-0.25, -0.2) is 4.98 Å².